The second kappa shape index (κ2) is 11.2. The molecule has 0 aliphatic carbocycles. The molecule has 4 aromatic rings. The highest BCUT2D eigenvalue weighted by atomic mass is 35.5. The van der Waals surface area contributed by atoms with Crippen LogP contribution in [0.15, 0.2) is 81.7 Å². The van der Waals surface area contributed by atoms with Gasteiger partial charge in [-0.25, -0.2) is 4.99 Å². The van der Waals surface area contributed by atoms with Gasteiger partial charge in [-0.2, -0.15) is 0 Å². The van der Waals surface area contributed by atoms with Gasteiger partial charge in [-0.05, 0) is 68.5 Å². The molecule has 39 heavy (non-hydrogen) atoms. The lowest BCUT2D eigenvalue weighted by molar-refractivity contribution is -0.127. The lowest BCUT2D eigenvalue weighted by atomic mass is 9.94. The number of ether oxygens (including phenoxy) is 1. The number of nitrogens with zero attached hydrogens (tertiary/aromatic N) is 3. The number of carbonyl (C=O) groups excluding carboxylic acids is 1. The van der Waals surface area contributed by atoms with E-state index in [2.05, 4.69) is 0 Å². The summed E-state index contributed by atoms with van der Waals surface area (Å²) < 4.78 is 8.03. The number of amides is 1. The van der Waals surface area contributed by atoms with Crippen LogP contribution >= 0.6 is 22.9 Å². The second-order valence-corrected chi connectivity index (χ2v) is 10.7. The molecule has 8 heteroatoms. The fraction of sp³-hybridized carbons (Fsp3) is 0.258. The van der Waals surface area contributed by atoms with Gasteiger partial charge in [0.1, 0.15) is 5.75 Å². The molecule has 1 amide bonds. The normalized spacial score (nSPS) is 15.3. The van der Waals surface area contributed by atoms with Crippen LogP contribution in [0.5, 0.6) is 5.75 Å². The van der Waals surface area contributed by atoms with Crippen molar-refractivity contribution >= 4 is 45.7 Å². The Morgan fingerprint density at radius 2 is 1.74 bits per heavy atom. The zero-order chi connectivity index (χ0) is 27.7. The lowest BCUT2D eigenvalue weighted by Gasteiger charge is -2.29. The molecule has 0 bridgehead atoms. The van der Waals surface area contributed by atoms with Crippen molar-refractivity contribution in [3.05, 3.63) is 108 Å². The molecule has 1 aliphatic heterocycles. The van der Waals surface area contributed by atoms with Crippen molar-refractivity contribution in [1.82, 2.24) is 9.47 Å². The number of carbonyl (C=O) groups is 1. The van der Waals surface area contributed by atoms with Gasteiger partial charge in [0.05, 0.1) is 28.5 Å². The van der Waals surface area contributed by atoms with Crippen LogP contribution in [0.4, 0.5) is 0 Å². The standard InChI is InChI=1S/C31H30ClN3O3S/c1-5-34(6-2)30(37)27-19(4)33-31-35(28(27)20-12-15-22(32)16-13-20)29(36)26(39-31)18-21-14-17-25(38-7-3)24-11-9-8-10-23(21)24/h8-18,28H,5-7H2,1-4H3/b26-18+/t28-/m0/s1. The summed E-state index contributed by atoms with van der Waals surface area (Å²) >= 11 is 7.52. The molecule has 1 atom stereocenters. The first-order chi connectivity index (χ1) is 18.9. The molecule has 1 aromatic heterocycles. The number of hydrogen-bond donors (Lipinski definition) is 0. The van der Waals surface area contributed by atoms with Gasteiger partial charge < -0.3 is 9.64 Å². The van der Waals surface area contributed by atoms with E-state index >= 15 is 0 Å². The van der Waals surface area contributed by atoms with E-state index in [1.54, 1.807) is 21.6 Å². The van der Waals surface area contributed by atoms with Crippen molar-refractivity contribution in [2.24, 2.45) is 4.99 Å². The first kappa shape index (κ1) is 26.9. The second-order valence-electron chi connectivity index (χ2n) is 9.24. The minimum atomic E-state index is -0.606. The average molecular weight is 560 g/mol. The SMILES string of the molecule is CCOc1ccc(/C=c2/sc3n(c2=O)[C@@H](c2ccc(Cl)cc2)C(C(=O)N(CC)CC)=C(C)N=3)c2ccccc12. The highest BCUT2D eigenvalue weighted by Gasteiger charge is 2.34. The Hall–Kier alpha value is -3.68. The Morgan fingerprint density at radius 1 is 1.05 bits per heavy atom. The van der Waals surface area contributed by atoms with E-state index < -0.39 is 6.04 Å². The van der Waals surface area contributed by atoms with Gasteiger partial charge in [0.15, 0.2) is 4.80 Å². The van der Waals surface area contributed by atoms with Gasteiger partial charge >= 0.3 is 0 Å². The highest BCUT2D eigenvalue weighted by Crippen LogP contribution is 2.32. The molecule has 0 fully saturated rings. The topological polar surface area (TPSA) is 63.9 Å². The van der Waals surface area contributed by atoms with E-state index in [0.29, 0.717) is 45.3 Å². The van der Waals surface area contributed by atoms with Crippen LogP contribution in [0, 0.1) is 0 Å². The van der Waals surface area contributed by atoms with Crippen molar-refractivity contribution in [3.63, 3.8) is 0 Å². The Balaban J connectivity index is 1.73. The summed E-state index contributed by atoms with van der Waals surface area (Å²) in [6, 6.07) is 18.6. The van der Waals surface area contributed by atoms with Crippen LogP contribution in [0.1, 0.15) is 44.9 Å². The summed E-state index contributed by atoms with van der Waals surface area (Å²) in [6.45, 7) is 9.40. The monoisotopic (exact) mass is 559 g/mol. The maximum absolute atomic E-state index is 14.0. The maximum atomic E-state index is 14.0. The number of fused-ring (bicyclic) bond motifs is 2. The fourth-order valence-electron chi connectivity index (χ4n) is 5.08. The van der Waals surface area contributed by atoms with Gasteiger partial charge in [0, 0.05) is 23.5 Å². The molecule has 3 aromatic carbocycles. The first-order valence-electron chi connectivity index (χ1n) is 13.1. The zero-order valence-corrected chi connectivity index (χ0v) is 24.0. The van der Waals surface area contributed by atoms with Gasteiger partial charge in [-0.15, -0.1) is 0 Å². The third-order valence-electron chi connectivity index (χ3n) is 6.99. The molecule has 0 saturated heterocycles. The van der Waals surface area contributed by atoms with E-state index in [9.17, 15) is 9.59 Å². The number of rotatable bonds is 7. The Kier molecular flexibility index (Phi) is 7.73. The minimum Gasteiger partial charge on any atom is -0.493 e. The van der Waals surface area contributed by atoms with Gasteiger partial charge in [-0.1, -0.05) is 65.4 Å². The maximum Gasteiger partial charge on any atom is 0.271 e. The molecular formula is C31H30ClN3O3S. The molecule has 200 valence electrons. The number of thiazole rings is 1. The zero-order valence-electron chi connectivity index (χ0n) is 22.4. The Labute approximate surface area is 236 Å². The van der Waals surface area contributed by atoms with Crippen LogP contribution in [0.25, 0.3) is 16.8 Å². The number of benzene rings is 3. The minimum absolute atomic E-state index is 0.118. The molecule has 1 aliphatic rings. The molecule has 0 spiro atoms. The lowest BCUT2D eigenvalue weighted by Crippen LogP contribution is -2.43. The summed E-state index contributed by atoms with van der Waals surface area (Å²) in [6.07, 6.45) is 1.91. The molecule has 0 radical (unpaired) electrons. The number of hydrogen-bond acceptors (Lipinski definition) is 5. The average Bonchev–Trinajstić information content (AvgIpc) is 3.24. The van der Waals surface area contributed by atoms with Gasteiger partial charge in [-0.3, -0.25) is 14.2 Å². The first-order valence-corrected chi connectivity index (χ1v) is 14.3. The number of halogens is 1. The summed E-state index contributed by atoms with van der Waals surface area (Å²) in [5, 5.41) is 2.57. The summed E-state index contributed by atoms with van der Waals surface area (Å²) in [5.74, 6) is 0.692. The van der Waals surface area contributed by atoms with Crippen LogP contribution in [0.3, 0.4) is 0 Å². The molecule has 6 nitrogen and oxygen atoms in total. The van der Waals surface area contributed by atoms with Gasteiger partial charge in [0.2, 0.25) is 0 Å². The smallest absolute Gasteiger partial charge is 0.271 e. The van der Waals surface area contributed by atoms with Crippen molar-refractivity contribution in [3.8, 4) is 5.75 Å². The fourth-order valence-corrected chi connectivity index (χ4v) is 6.24. The highest BCUT2D eigenvalue weighted by molar-refractivity contribution is 7.07. The van der Waals surface area contributed by atoms with Gasteiger partial charge in [0.25, 0.3) is 11.5 Å². The Bertz CT molecular complexity index is 1770. The van der Waals surface area contributed by atoms with Crippen LogP contribution < -0.4 is 19.6 Å². The van der Waals surface area contributed by atoms with E-state index in [0.717, 1.165) is 27.6 Å². The van der Waals surface area contributed by atoms with E-state index in [4.69, 9.17) is 21.3 Å². The molecule has 5 rings (SSSR count). The van der Waals surface area contributed by atoms with Crippen LogP contribution in [0.2, 0.25) is 5.02 Å². The van der Waals surface area contributed by atoms with E-state index in [1.165, 1.54) is 11.3 Å². The molecule has 2 heterocycles. The van der Waals surface area contributed by atoms with E-state index in [-0.39, 0.29) is 11.5 Å². The number of aromatic nitrogens is 1. The number of likely N-dealkylation sites (N-methyl/N-ethyl adjacent to an activating group) is 1. The summed E-state index contributed by atoms with van der Waals surface area (Å²) in [5.41, 5.74) is 2.66. The Morgan fingerprint density at radius 3 is 2.41 bits per heavy atom. The molecule has 0 unspecified atom stereocenters. The quantitative estimate of drug-likeness (QED) is 0.308. The summed E-state index contributed by atoms with van der Waals surface area (Å²) in [7, 11) is 0. The van der Waals surface area contributed by atoms with E-state index in [1.807, 2.05) is 82.3 Å². The van der Waals surface area contributed by atoms with Crippen molar-refractivity contribution in [1.29, 1.82) is 0 Å². The predicted molar refractivity (Wildman–Crippen MR) is 158 cm³/mol. The molecule has 0 saturated carbocycles. The summed E-state index contributed by atoms with van der Waals surface area (Å²) in [4.78, 5) is 34.9. The van der Waals surface area contributed by atoms with Crippen molar-refractivity contribution < 1.29 is 9.53 Å². The molecular weight excluding hydrogens is 530 g/mol. The number of allylic oxidation sites excluding steroid dienone is 1. The van der Waals surface area contributed by atoms with Crippen LogP contribution in [-0.2, 0) is 4.79 Å². The van der Waals surface area contributed by atoms with Crippen LogP contribution in [-0.4, -0.2) is 35.1 Å². The third kappa shape index (κ3) is 4.92. The predicted octanol–water partition coefficient (Wildman–Crippen LogP) is 5.31. The van der Waals surface area contributed by atoms with Crippen molar-refractivity contribution in [2.75, 3.05) is 19.7 Å². The third-order valence-corrected chi connectivity index (χ3v) is 8.23. The largest absolute Gasteiger partial charge is 0.493 e. The van der Waals surface area contributed by atoms with Crippen molar-refractivity contribution in [2.45, 2.75) is 33.7 Å². The molecule has 0 N–H and O–H groups in total.